The van der Waals surface area contributed by atoms with Gasteiger partial charge in [-0.1, -0.05) is 84.9 Å². The zero-order valence-electron chi connectivity index (χ0n) is 43.9. The Hall–Kier alpha value is -5.87. The summed E-state index contributed by atoms with van der Waals surface area (Å²) in [6.45, 7) is 21.2. The van der Waals surface area contributed by atoms with Crippen LogP contribution in [0.2, 0.25) is 0 Å². The van der Waals surface area contributed by atoms with Crippen LogP contribution in [0, 0.1) is 34.5 Å². The van der Waals surface area contributed by atoms with E-state index in [9.17, 15) is 42.7 Å². The molecule has 3 aliphatic rings. The highest BCUT2D eigenvalue weighted by Crippen LogP contribution is 2.56. The van der Waals surface area contributed by atoms with E-state index in [4.69, 9.17) is 4.74 Å². The molecule has 18 heteroatoms. The molecule has 0 radical (unpaired) electrons. The normalized spacial score (nSPS) is 21.7. The quantitative estimate of drug-likeness (QED) is 0.0759. The van der Waals surface area contributed by atoms with E-state index in [2.05, 4.69) is 30.7 Å². The Bertz CT molecular complexity index is 2670. The highest BCUT2D eigenvalue weighted by atomic mass is 32.1. The fraction of sp³-hybridized carbons (Fsp3) is 0.536. The van der Waals surface area contributed by atoms with Crippen LogP contribution in [-0.2, 0) is 27.0 Å². The standard InChI is InChI=1S/C56H71F3N8O6S/c1-34(37-17-19-38(20-18-37)46-35(2)61-33-74-46)62-49(71)44-28-41(68)31-67(44)50(72)47(53(3,4)5)63-45(69)32-66-26-24-65(25-27-66)23-11-10-12-36-13-15-39(16-14-36)48(70)64-51-54(6,7)52(55(51,8)9)73-42-22-21-40(30-60)43(29-42)56(57,58)59/h13-22,29,33-34,41,44,47,51-52,68H,10-12,23-28,31-32H2,1-9H3,(H,62,71)(H,63,69)(H,64,70)/t34-,41+,44?,47?,51-,52-/m0/s1. The van der Waals surface area contributed by atoms with Gasteiger partial charge in [-0.15, -0.1) is 11.3 Å². The smallest absolute Gasteiger partial charge is 0.417 e. The summed E-state index contributed by atoms with van der Waals surface area (Å²) in [5.41, 5.74) is 2.91. The number of ether oxygens (including phenoxy) is 1. The van der Waals surface area contributed by atoms with Gasteiger partial charge in [0.1, 0.15) is 23.9 Å². The minimum atomic E-state index is -4.70. The van der Waals surface area contributed by atoms with Crippen molar-refractivity contribution in [2.24, 2.45) is 16.2 Å². The maximum absolute atomic E-state index is 14.2. The number of alkyl halides is 3. The van der Waals surface area contributed by atoms with Crippen molar-refractivity contribution in [2.45, 2.75) is 131 Å². The van der Waals surface area contributed by atoms with E-state index in [1.165, 1.54) is 11.0 Å². The van der Waals surface area contributed by atoms with Gasteiger partial charge in [-0.05, 0) is 92.1 Å². The monoisotopic (exact) mass is 1040 g/mol. The molecule has 2 aliphatic heterocycles. The van der Waals surface area contributed by atoms with Gasteiger partial charge in [0.15, 0.2) is 0 Å². The lowest BCUT2D eigenvalue weighted by Gasteiger charge is -2.63. The van der Waals surface area contributed by atoms with Gasteiger partial charge < -0.3 is 35.6 Å². The van der Waals surface area contributed by atoms with E-state index in [-0.39, 0.29) is 55.1 Å². The Kier molecular flexibility index (Phi) is 17.0. The number of hydrogen-bond acceptors (Lipinski definition) is 11. The number of nitrogens with zero attached hydrogens (tertiary/aromatic N) is 5. The van der Waals surface area contributed by atoms with Crippen molar-refractivity contribution in [3.8, 4) is 22.3 Å². The number of aliphatic hydroxyl groups excluding tert-OH is 1. The third kappa shape index (κ3) is 12.8. The molecule has 398 valence electrons. The molecular formula is C56H71F3N8O6S. The molecule has 1 aromatic heterocycles. The number of β-amino-alcohol motifs (C(OH)–C–C–N with tert-alkyl or cyclic N) is 1. The van der Waals surface area contributed by atoms with E-state index in [1.807, 2.05) is 116 Å². The van der Waals surface area contributed by atoms with Crippen LogP contribution in [0.25, 0.3) is 10.4 Å². The second-order valence-electron chi connectivity index (χ2n) is 22.5. The second-order valence-corrected chi connectivity index (χ2v) is 23.4. The number of thiazole rings is 1. The zero-order valence-corrected chi connectivity index (χ0v) is 44.8. The highest BCUT2D eigenvalue weighted by molar-refractivity contribution is 7.13. The second kappa shape index (κ2) is 22.5. The largest absolute Gasteiger partial charge is 0.489 e. The average molecular weight is 1040 g/mol. The molecule has 14 nitrogen and oxygen atoms in total. The van der Waals surface area contributed by atoms with Gasteiger partial charge in [0.25, 0.3) is 5.91 Å². The molecule has 1 aliphatic carbocycles. The van der Waals surface area contributed by atoms with Gasteiger partial charge in [-0.3, -0.25) is 24.1 Å². The first-order chi connectivity index (χ1) is 34.8. The molecular weight excluding hydrogens is 970 g/mol. The number of aromatic nitrogens is 1. The summed E-state index contributed by atoms with van der Waals surface area (Å²) in [6, 6.07) is 17.9. The molecule has 3 aromatic carbocycles. The fourth-order valence-electron chi connectivity index (χ4n) is 11.2. The van der Waals surface area contributed by atoms with Gasteiger partial charge in [0, 0.05) is 61.6 Å². The Labute approximate surface area is 437 Å². The number of benzene rings is 3. The summed E-state index contributed by atoms with van der Waals surface area (Å²) in [6.07, 6.45) is -3.23. The summed E-state index contributed by atoms with van der Waals surface area (Å²) in [4.78, 5) is 66.3. The van der Waals surface area contributed by atoms with Crippen LogP contribution < -0.4 is 20.7 Å². The number of rotatable bonds is 17. The molecule has 2 saturated heterocycles. The summed E-state index contributed by atoms with van der Waals surface area (Å²) in [5, 5.41) is 29.1. The third-order valence-electron chi connectivity index (χ3n) is 15.1. The Balaban J connectivity index is 0.820. The number of nitrogens with one attached hydrogen (secondary N) is 3. The van der Waals surface area contributed by atoms with Crippen LogP contribution in [0.4, 0.5) is 13.2 Å². The van der Waals surface area contributed by atoms with E-state index in [0.29, 0.717) is 18.7 Å². The summed E-state index contributed by atoms with van der Waals surface area (Å²) in [5.74, 6) is -1.26. The van der Waals surface area contributed by atoms with Gasteiger partial charge in [-0.25, -0.2) is 4.98 Å². The Morgan fingerprint density at radius 1 is 0.919 bits per heavy atom. The molecule has 7 rings (SSSR count). The van der Waals surface area contributed by atoms with Crippen molar-refractivity contribution in [3.63, 3.8) is 0 Å². The van der Waals surface area contributed by atoms with E-state index >= 15 is 0 Å². The molecule has 4 aromatic rings. The lowest BCUT2D eigenvalue weighted by Crippen LogP contribution is -2.74. The number of nitriles is 1. The SMILES string of the molecule is Cc1ncsc1-c1ccc([C@H](C)NC(=O)C2C[C@@H](O)CN2C(=O)C(NC(=O)CN2CCN(CCCCc3ccc(C(=O)N[C@H]4C(C)(C)[C@H](Oc5ccc(C#N)c(C(F)(F)F)c5)C4(C)C)cc3)CC2)C(C)(C)C)cc1. The van der Waals surface area contributed by atoms with Gasteiger partial charge in [0.05, 0.1) is 52.0 Å². The first-order valence-electron chi connectivity index (χ1n) is 25.5. The number of halogens is 3. The van der Waals surface area contributed by atoms with E-state index in [1.54, 1.807) is 17.4 Å². The van der Waals surface area contributed by atoms with Crippen LogP contribution in [-0.4, -0.2) is 125 Å². The fourth-order valence-corrected chi connectivity index (χ4v) is 12.0. The lowest BCUT2D eigenvalue weighted by molar-refractivity contribution is -0.164. The number of aryl methyl sites for hydroxylation is 2. The Morgan fingerprint density at radius 2 is 1.57 bits per heavy atom. The molecule has 2 unspecified atom stereocenters. The van der Waals surface area contributed by atoms with Crippen molar-refractivity contribution < 1.29 is 42.2 Å². The van der Waals surface area contributed by atoms with Gasteiger partial charge in [-0.2, -0.15) is 18.4 Å². The summed E-state index contributed by atoms with van der Waals surface area (Å²) >= 11 is 1.57. The maximum atomic E-state index is 14.2. The van der Waals surface area contributed by atoms with Crippen LogP contribution in [0.5, 0.6) is 5.75 Å². The number of hydrogen-bond donors (Lipinski definition) is 4. The van der Waals surface area contributed by atoms with Gasteiger partial charge in [0.2, 0.25) is 17.7 Å². The number of carbonyl (C=O) groups excluding carboxylic acids is 4. The molecule has 3 heterocycles. The van der Waals surface area contributed by atoms with Crippen LogP contribution in [0.15, 0.2) is 72.2 Å². The van der Waals surface area contributed by atoms with Crippen LogP contribution in [0.3, 0.4) is 0 Å². The van der Waals surface area contributed by atoms with Crippen LogP contribution >= 0.6 is 11.3 Å². The predicted molar refractivity (Wildman–Crippen MR) is 278 cm³/mol. The van der Waals surface area contributed by atoms with E-state index < -0.39 is 63.7 Å². The number of aliphatic hydroxyl groups is 1. The number of amides is 4. The van der Waals surface area contributed by atoms with Crippen molar-refractivity contribution in [1.29, 1.82) is 5.26 Å². The summed E-state index contributed by atoms with van der Waals surface area (Å²) in [7, 11) is 0. The van der Waals surface area contributed by atoms with Crippen molar-refractivity contribution in [2.75, 3.05) is 45.8 Å². The van der Waals surface area contributed by atoms with Crippen molar-refractivity contribution in [1.82, 2.24) is 35.6 Å². The first kappa shape index (κ1) is 55.9. The predicted octanol–water partition coefficient (Wildman–Crippen LogP) is 7.93. The van der Waals surface area contributed by atoms with Crippen LogP contribution in [0.1, 0.15) is 119 Å². The molecule has 0 bridgehead atoms. The van der Waals surface area contributed by atoms with Crippen molar-refractivity contribution >= 4 is 35.0 Å². The third-order valence-corrected chi connectivity index (χ3v) is 16.1. The molecule has 4 atom stereocenters. The molecule has 0 spiro atoms. The minimum absolute atomic E-state index is 0.00356. The number of carbonyl (C=O) groups is 4. The molecule has 1 saturated carbocycles. The number of unbranched alkanes of at least 4 members (excludes halogenated alkanes) is 1. The molecule has 3 fully saturated rings. The molecule has 74 heavy (non-hydrogen) atoms. The molecule has 4 amide bonds. The van der Waals surface area contributed by atoms with E-state index in [0.717, 1.165) is 78.3 Å². The van der Waals surface area contributed by atoms with Crippen molar-refractivity contribution in [3.05, 3.63) is 106 Å². The average Bonchev–Trinajstić information content (AvgIpc) is 3.97. The number of likely N-dealkylation sites (tertiary alicyclic amines) is 1. The zero-order chi connectivity index (χ0) is 53.9. The maximum Gasteiger partial charge on any atom is 0.417 e. The lowest BCUT2D eigenvalue weighted by atomic mass is 9.49. The van der Waals surface area contributed by atoms with Gasteiger partial charge >= 0.3 is 6.18 Å². The topological polar surface area (TPSA) is 180 Å². The Morgan fingerprint density at radius 3 is 2.16 bits per heavy atom. The highest BCUT2D eigenvalue weighted by Gasteiger charge is 2.64. The summed E-state index contributed by atoms with van der Waals surface area (Å²) < 4.78 is 47.0. The first-order valence-corrected chi connectivity index (χ1v) is 26.4. The minimum Gasteiger partial charge on any atom is -0.489 e. The molecule has 4 N–H and O–H groups in total. The number of piperazine rings is 1.